The molecule has 0 fully saturated rings. The van der Waals surface area contributed by atoms with Crippen LogP contribution in [-0.2, 0) is 13.6 Å². The average Bonchev–Trinajstić information content (AvgIpc) is 2.73. The second kappa shape index (κ2) is 9.45. The highest BCUT2D eigenvalue weighted by atomic mass is 31.2. The van der Waals surface area contributed by atoms with E-state index in [1.54, 1.807) is 6.07 Å². The zero-order valence-electron chi connectivity index (χ0n) is 18.1. The Labute approximate surface area is 173 Å². The van der Waals surface area contributed by atoms with Gasteiger partial charge in [0.05, 0.1) is 29.5 Å². The summed E-state index contributed by atoms with van der Waals surface area (Å²) in [5.41, 5.74) is 0.763. The zero-order chi connectivity index (χ0) is 21.7. The van der Waals surface area contributed by atoms with Gasteiger partial charge in [-0.1, -0.05) is 26.7 Å². The molecule has 0 aliphatic carbocycles. The fraction of sp³-hybridized carbons (Fsp3) is 0.700. The molecule has 1 aliphatic heterocycles. The van der Waals surface area contributed by atoms with Crippen LogP contribution in [0.1, 0.15) is 66.7 Å². The van der Waals surface area contributed by atoms with Crippen molar-refractivity contribution in [2.75, 3.05) is 23.8 Å². The Hall–Kier alpha value is -1.63. The molecule has 29 heavy (non-hydrogen) atoms. The first-order valence-electron chi connectivity index (χ1n) is 10.3. The Morgan fingerprint density at radius 2 is 1.66 bits per heavy atom. The first kappa shape index (κ1) is 23.6. The van der Waals surface area contributed by atoms with Gasteiger partial charge in [-0.2, -0.15) is 0 Å². The first-order chi connectivity index (χ1) is 13.6. The molecule has 1 aliphatic rings. The maximum atomic E-state index is 14.0. The van der Waals surface area contributed by atoms with Gasteiger partial charge in [0.2, 0.25) is 0 Å². The van der Waals surface area contributed by atoms with Crippen molar-refractivity contribution in [2.45, 2.75) is 77.5 Å². The van der Waals surface area contributed by atoms with Crippen molar-refractivity contribution in [1.29, 1.82) is 0 Å². The van der Waals surface area contributed by atoms with E-state index >= 15 is 0 Å². The largest absolute Gasteiger partial charge is 0.378 e. The number of fused-ring (bicyclic) bond motifs is 1. The minimum atomic E-state index is -3.59. The number of non-ortho nitro benzene ring substituents is 1. The highest BCUT2D eigenvalue weighted by Gasteiger charge is 2.52. The van der Waals surface area contributed by atoms with Gasteiger partial charge in [-0.15, -0.1) is 0 Å². The van der Waals surface area contributed by atoms with Crippen LogP contribution in [0.4, 0.5) is 17.1 Å². The summed E-state index contributed by atoms with van der Waals surface area (Å²) in [5.74, 6) is 0. The summed E-state index contributed by atoms with van der Waals surface area (Å²) in [6, 6.07) is 4.60. The van der Waals surface area contributed by atoms with Gasteiger partial charge in [-0.05, 0) is 39.7 Å². The molecular formula is C20H34N3O5P. The predicted octanol–water partition coefficient (Wildman–Crippen LogP) is 6.14. The Balaban J connectivity index is 2.47. The van der Waals surface area contributed by atoms with E-state index in [4.69, 9.17) is 9.05 Å². The number of nitrogens with zero attached hydrogens (tertiary/aromatic N) is 1. The summed E-state index contributed by atoms with van der Waals surface area (Å²) in [6.45, 7) is 10.6. The number of unbranched alkanes of at least 4 members (excludes halogenated alkanes) is 2. The molecule has 1 aromatic rings. The van der Waals surface area contributed by atoms with Crippen LogP contribution >= 0.6 is 7.60 Å². The van der Waals surface area contributed by atoms with E-state index in [0.717, 1.165) is 31.4 Å². The standard InChI is InChI=1S/C20H34N3O5P/c1-6-8-12-27-29(26,28-13-9-7-2)20(5)15-19(3,4)21-17-11-10-16(23(24)25)14-18(17)22-20/h10-11,14,21-22H,6-9,12-13,15H2,1-5H3. The van der Waals surface area contributed by atoms with Crippen molar-refractivity contribution in [1.82, 2.24) is 0 Å². The molecule has 0 amide bonds. The van der Waals surface area contributed by atoms with E-state index in [2.05, 4.69) is 10.6 Å². The molecule has 0 saturated heterocycles. The van der Waals surface area contributed by atoms with Crippen LogP contribution in [0.5, 0.6) is 0 Å². The van der Waals surface area contributed by atoms with Crippen molar-refractivity contribution >= 4 is 24.7 Å². The van der Waals surface area contributed by atoms with Crippen LogP contribution in [0.25, 0.3) is 0 Å². The Morgan fingerprint density at radius 3 is 2.17 bits per heavy atom. The second-order valence-corrected chi connectivity index (χ2v) is 10.9. The van der Waals surface area contributed by atoms with Crippen molar-refractivity contribution < 1.29 is 18.5 Å². The highest BCUT2D eigenvalue weighted by Crippen LogP contribution is 2.63. The van der Waals surface area contributed by atoms with E-state index < -0.39 is 23.3 Å². The van der Waals surface area contributed by atoms with Gasteiger partial charge < -0.3 is 19.7 Å². The van der Waals surface area contributed by atoms with E-state index in [1.165, 1.54) is 12.1 Å². The lowest BCUT2D eigenvalue weighted by atomic mass is 9.96. The summed E-state index contributed by atoms with van der Waals surface area (Å²) < 4.78 is 25.9. The Morgan fingerprint density at radius 1 is 1.07 bits per heavy atom. The van der Waals surface area contributed by atoms with Gasteiger partial charge in [0.1, 0.15) is 5.28 Å². The van der Waals surface area contributed by atoms with Crippen molar-refractivity contribution in [2.24, 2.45) is 0 Å². The lowest BCUT2D eigenvalue weighted by Crippen LogP contribution is -2.43. The molecule has 2 N–H and O–H groups in total. The van der Waals surface area contributed by atoms with Crippen LogP contribution in [0.2, 0.25) is 0 Å². The molecule has 164 valence electrons. The third kappa shape index (κ3) is 5.71. The zero-order valence-corrected chi connectivity index (χ0v) is 19.0. The summed E-state index contributed by atoms with van der Waals surface area (Å²) >= 11 is 0. The molecule has 0 radical (unpaired) electrons. The van der Waals surface area contributed by atoms with Gasteiger partial charge in [0, 0.05) is 24.1 Å². The topological polar surface area (TPSA) is 103 Å². The molecule has 1 atom stereocenters. The minimum Gasteiger partial charge on any atom is -0.378 e. The maximum Gasteiger partial charge on any atom is 0.355 e. The van der Waals surface area contributed by atoms with Crippen LogP contribution in [0, 0.1) is 10.1 Å². The number of benzene rings is 1. The number of hydrogen-bond donors (Lipinski definition) is 2. The number of nitrogens with one attached hydrogen (secondary N) is 2. The molecule has 0 bridgehead atoms. The lowest BCUT2D eigenvalue weighted by Gasteiger charge is -2.40. The number of nitro benzene ring substituents is 1. The maximum absolute atomic E-state index is 14.0. The monoisotopic (exact) mass is 427 g/mol. The fourth-order valence-electron chi connectivity index (χ4n) is 3.61. The molecule has 8 nitrogen and oxygen atoms in total. The van der Waals surface area contributed by atoms with Gasteiger partial charge in [-0.3, -0.25) is 14.7 Å². The normalized spacial score (nSPS) is 20.9. The number of anilines is 2. The van der Waals surface area contributed by atoms with Crippen molar-refractivity contribution in [3.63, 3.8) is 0 Å². The van der Waals surface area contributed by atoms with Gasteiger partial charge in [0.25, 0.3) is 5.69 Å². The summed E-state index contributed by atoms with van der Waals surface area (Å²) in [6.07, 6.45) is 3.84. The summed E-state index contributed by atoms with van der Waals surface area (Å²) in [4.78, 5) is 10.8. The minimum absolute atomic E-state index is 0.0336. The summed E-state index contributed by atoms with van der Waals surface area (Å²) in [5, 5.41) is 16.9. The molecule has 1 heterocycles. The van der Waals surface area contributed by atoms with Crippen molar-refractivity contribution in [3.05, 3.63) is 28.3 Å². The van der Waals surface area contributed by atoms with Crippen LogP contribution in [0.3, 0.4) is 0 Å². The second-order valence-electron chi connectivity index (χ2n) is 8.44. The number of hydrogen-bond acceptors (Lipinski definition) is 7. The summed E-state index contributed by atoms with van der Waals surface area (Å²) in [7, 11) is -3.59. The van der Waals surface area contributed by atoms with E-state index in [0.29, 0.717) is 25.3 Å². The smallest absolute Gasteiger partial charge is 0.355 e. The molecule has 9 heteroatoms. The third-order valence-corrected chi connectivity index (χ3v) is 7.52. The van der Waals surface area contributed by atoms with Gasteiger partial charge >= 0.3 is 7.60 Å². The molecule has 1 unspecified atom stereocenters. The number of nitro groups is 1. The Bertz CT molecular complexity index is 756. The predicted molar refractivity (Wildman–Crippen MR) is 117 cm³/mol. The quantitative estimate of drug-likeness (QED) is 0.200. The van der Waals surface area contributed by atoms with Crippen LogP contribution in [-0.4, -0.2) is 29.0 Å². The van der Waals surface area contributed by atoms with Gasteiger partial charge in [0.15, 0.2) is 0 Å². The van der Waals surface area contributed by atoms with E-state index in [1.807, 2.05) is 34.6 Å². The van der Waals surface area contributed by atoms with Crippen molar-refractivity contribution in [3.8, 4) is 0 Å². The highest BCUT2D eigenvalue weighted by molar-refractivity contribution is 7.55. The van der Waals surface area contributed by atoms with Gasteiger partial charge in [-0.25, -0.2) is 0 Å². The molecule has 0 aromatic heterocycles. The third-order valence-electron chi connectivity index (χ3n) is 5.00. The first-order valence-corrected chi connectivity index (χ1v) is 11.8. The number of rotatable bonds is 10. The molecule has 2 rings (SSSR count). The van der Waals surface area contributed by atoms with E-state index in [-0.39, 0.29) is 5.69 Å². The average molecular weight is 427 g/mol. The molecule has 0 spiro atoms. The lowest BCUT2D eigenvalue weighted by molar-refractivity contribution is -0.384. The molecule has 1 aromatic carbocycles. The van der Waals surface area contributed by atoms with E-state index in [9.17, 15) is 14.7 Å². The fourth-order valence-corrected chi connectivity index (χ4v) is 5.84. The molecule has 0 saturated carbocycles. The SMILES string of the molecule is CCCCOP(=O)(OCCCC)C1(C)CC(C)(C)Nc2ccc([N+](=O)[O-])cc2N1. The van der Waals surface area contributed by atoms with Crippen LogP contribution in [0.15, 0.2) is 18.2 Å². The Kier molecular flexibility index (Phi) is 7.71. The van der Waals surface area contributed by atoms with Crippen LogP contribution < -0.4 is 10.6 Å². The molecular weight excluding hydrogens is 393 g/mol.